The minimum absolute atomic E-state index is 0.528. The van der Waals surface area contributed by atoms with Gasteiger partial charge in [-0.05, 0) is 31.1 Å². The van der Waals surface area contributed by atoms with Gasteiger partial charge in [0.15, 0.2) is 5.82 Å². The molecule has 2 aliphatic rings. The summed E-state index contributed by atoms with van der Waals surface area (Å²) in [6.07, 6.45) is 5.36. The van der Waals surface area contributed by atoms with Crippen LogP contribution in [0, 0.1) is 11.8 Å². The number of fused-ring (bicyclic) bond motifs is 2. The third kappa shape index (κ3) is 2.16. The van der Waals surface area contributed by atoms with Gasteiger partial charge in [0.25, 0.3) is 0 Å². The fourth-order valence-corrected chi connectivity index (χ4v) is 3.28. The van der Waals surface area contributed by atoms with Crippen LogP contribution in [0.3, 0.4) is 0 Å². The molecule has 2 fully saturated rings. The second-order valence-corrected chi connectivity index (χ2v) is 5.16. The number of nitrogens with one attached hydrogen (secondary N) is 1. The average Bonchev–Trinajstić information content (AvgIpc) is 3.04. The predicted molar refractivity (Wildman–Crippen MR) is 62.9 cm³/mol. The van der Waals surface area contributed by atoms with E-state index in [0.29, 0.717) is 25.1 Å². The largest absolute Gasteiger partial charge is 0.383 e. The van der Waals surface area contributed by atoms with Crippen LogP contribution in [-0.4, -0.2) is 30.4 Å². The first-order chi connectivity index (χ1) is 8.36. The highest BCUT2D eigenvalue weighted by molar-refractivity contribution is 5.20. The topological polar surface area (TPSA) is 60.2 Å². The molecule has 5 nitrogen and oxygen atoms in total. The highest BCUT2D eigenvalue weighted by Crippen LogP contribution is 2.52. The van der Waals surface area contributed by atoms with Crippen LogP contribution in [0.4, 0.5) is 6.01 Å². The van der Waals surface area contributed by atoms with E-state index in [9.17, 15) is 0 Å². The van der Waals surface area contributed by atoms with Gasteiger partial charge in [-0.25, -0.2) is 0 Å². The quantitative estimate of drug-likeness (QED) is 0.794. The zero-order chi connectivity index (χ0) is 11.7. The van der Waals surface area contributed by atoms with Gasteiger partial charge in [0.2, 0.25) is 0 Å². The van der Waals surface area contributed by atoms with Gasteiger partial charge in [0, 0.05) is 19.6 Å². The zero-order valence-corrected chi connectivity index (χ0v) is 10.2. The molecule has 0 saturated heterocycles. The van der Waals surface area contributed by atoms with E-state index in [4.69, 9.17) is 9.26 Å². The first kappa shape index (κ1) is 11.0. The lowest BCUT2D eigenvalue weighted by Gasteiger charge is -2.17. The second-order valence-electron chi connectivity index (χ2n) is 5.16. The summed E-state index contributed by atoms with van der Waals surface area (Å²) in [5, 5.41) is 7.17. The molecule has 2 aliphatic carbocycles. The van der Waals surface area contributed by atoms with Crippen molar-refractivity contribution in [3.05, 3.63) is 5.82 Å². The third-order valence-electron chi connectivity index (χ3n) is 4.09. The van der Waals surface area contributed by atoms with Crippen molar-refractivity contribution < 1.29 is 9.26 Å². The number of ether oxygens (including phenoxy) is 1. The molecule has 0 radical (unpaired) electrons. The minimum Gasteiger partial charge on any atom is -0.383 e. The lowest BCUT2D eigenvalue weighted by molar-refractivity contribution is 0.210. The molecule has 1 heterocycles. The number of hydrogen-bond acceptors (Lipinski definition) is 5. The van der Waals surface area contributed by atoms with Crippen LogP contribution in [0.15, 0.2) is 4.52 Å². The van der Waals surface area contributed by atoms with Crippen LogP contribution in [0.1, 0.15) is 37.4 Å². The lowest BCUT2D eigenvalue weighted by Crippen LogP contribution is -2.11. The van der Waals surface area contributed by atoms with Crippen LogP contribution < -0.4 is 5.32 Å². The Kier molecular flexibility index (Phi) is 3.01. The van der Waals surface area contributed by atoms with Crippen LogP contribution in [0.5, 0.6) is 0 Å². The van der Waals surface area contributed by atoms with Crippen molar-refractivity contribution in [2.45, 2.75) is 31.6 Å². The normalized spacial score (nSPS) is 31.0. The van der Waals surface area contributed by atoms with Crippen LogP contribution in [0.2, 0.25) is 0 Å². The van der Waals surface area contributed by atoms with Gasteiger partial charge in [-0.1, -0.05) is 11.6 Å². The smallest absolute Gasteiger partial charge is 0.321 e. The maximum atomic E-state index is 5.20. The molecule has 1 aromatic rings. The van der Waals surface area contributed by atoms with Crippen LogP contribution in [0.25, 0.3) is 0 Å². The highest BCUT2D eigenvalue weighted by Gasteiger charge is 2.42. The van der Waals surface area contributed by atoms with Gasteiger partial charge < -0.3 is 14.6 Å². The monoisotopic (exact) mass is 237 g/mol. The lowest BCUT2D eigenvalue weighted by atomic mass is 9.88. The van der Waals surface area contributed by atoms with Gasteiger partial charge in [0.1, 0.15) is 0 Å². The molecule has 2 saturated carbocycles. The fourth-order valence-electron chi connectivity index (χ4n) is 3.28. The molecule has 3 unspecified atom stereocenters. The van der Waals surface area contributed by atoms with E-state index in [1.165, 1.54) is 25.7 Å². The Bertz CT molecular complexity index is 380. The van der Waals surface area contributed by atoms with E-state index in [2.05, 4.69) is 15.5 Å². The maximum absolute atomic E-state index is 5.20. The molecular formula is C12H19N3O2. The van der Waals surface area contributed by atoms with E-state index < -0.39 is 0 Å². The van der Waals surface area contributed by atoms with Gasteiger partial charge >= 0.3 is 6.01 Å². The van der Waals surface area contributed by atoms with Gasteiger partial charge in [-0.15, -0.1) is 0 Å². The Labute approximate surface area is 101 Å². The molecule has 1 N–H and O–H groups in total. The van der Waals surface area contributed by atoms with Crippen molar-refractivity contribution in [2.24, 2.45) is 11.8 Å². The van der Waals surface area contributed by atoms with E-state index in [-0.39, 0.29) is 0 Å². The predicted octanol–water partition coefficient (Wildman–Crippen LogP) is 2.03. The molecule has 94 valence electrons. The van der Waals surface area contributed by atoms with Gasteiger partial charge in [-0.2, -0.15) is 4.98 Å². The van der Waals surface area contributed by atoms with Gasteiger partial charge in [0.05, 0.1) is 6.61 Å². The summed E-state index contributed by atoms with van der Waals surface area (Å²) >= 11 is 0. The Morgan fingerprint density at radius 2 is 2.35 bits per heavy atom. The summed E-state index contributed by atoms with van der Waals surface area (Å²) < 4.78 is 10.2. The van der Waals surface area contributed by atoms with Crippen molar-refractivity contribution in [3.8, 4) is 0 Å². The van der Waals surface area contributed by atoms with E-state index in [1.807, 2.05) is 0 Å². The molecule has 17 heavy (non-hydrogen) atoms. The molecule has 3 rings (SSSR count). The van der Waals surface area contributed by atoms with Crippen molar-refractivity contribution in [1.29, 1.82) is 0 Å². The molecule has 5 heteroatoms. The van der Waals surface area contributed by atoms with E-state index in [1.54, 1.807) is 7.11 Å². The first-order valence-electron chi connectivity index (χ1n) is 6.43. The number of anilines is 1. The number of aromatic nitrogens is 2. The maximum Gasteiger partial charge on any atom is 0.321 e. The Morgan fingerprint density at radius 1 is 1.41 bits per heavy atom. The molecule has 0 aliphatic heterocycles. The summed E-state index contributed by atoms with van der Waals surface area (Å²) in [6, 6.07) is 0.528. The van der Waals surface area contributed by atoms with Crippen molar-refractivity contribution in [2.75, 3.05) is 25.6 Å². The number of methoxy groups -OCH3 is 1. The zero-order valence-electron chi connectivity index (χ0n) is 10.2. The Balaban J connectivity index is 1.60. The Morgan fingerprint density at radius 3 is 3.06 bits per heavy atom. The average molecular weight is 237 g/mol. The standard InChI is InChI=1S/C12H19N3O2/c1-16-5-4-13-12-14-11(15-17-12)10-7-8-2-3-9(10)6-8/h8-10H,2-7H2,1H3,(H,13,14,15). The number of hydrogen-bond donors (Lipinski definition) is 1. The van der Waals surface area contributed by atoms with Gasteiger partial charge in [-0.3, -0.25) is 0 Å². The summed E-state index contributed by atoms with van der Waals surface area (Å²) in [7, 11) is 1.68. The van der Waals surface area contributed by atoms with E-state index >= 15 is 0 Å². The minimum atomic E-state index is 0.528. The first-order valence-corrected chi connectivity index (χ1v) is 6.43. The van der Waals surface area contributed by atoms with Crippen LogP contribution >= 0.6 is 0 Å². The van der Waals surface area contributed by atoms with E-state index in [0.717, 1.165) is 17.7 Å². The number of nitrogens with zero attached hydrogens (tertiary/aromatic N) is 2. The highest BCUT2D eigenvalue weighted by atomic mass is 16.5. The summed E-state index contributed by atoms with van der Waals surface area (Å²) in [5.41, 5.74) is 0. The second kappa shape index (κ2) is 4.64. The molecule has 3 atom stereocenters. The molecule has 1 aromatic heterocycles. The van der Waals surface area contributed by atoms with Crippen molar-refractivity contribution in [1.82, 2.24) is 10.1 Å². The summed E-state index contributed by atoms with van der Waals surface area (Å²) in [4.78, 5) is 4.44. The molecule has 2 bridgehead atoms. The third-order valence-corrected chi connectivity index (χ3v) is 4.09. The molecular weight excluding hydrogens is 218 g/mol. The molecule has 0 amide bonds. The fraction of sp³-hybridized carbons (Fsp3) is 0.833. The summed E-state index contributed by atoms with van der Waals surface area (Å²) in [6.45, 7) is 1.35. The SMILES string of the molecule is COCCNc1nc(C2CC3CCC2C3)no1. The molecule has 0 aromatic carbocycles. The van der Waals surface area contributed by atoms with Crippen molar-refractivity contribution in [3.63, 3.8) is 0 Å². The number of rotatable bonds is 5. The molecule has 0 spiro atoms. The van der Waals surface area contributed by atoms with Crippen molar-refractivity contribution >= 4 is 6.01 Å². The van der Waals surface area contributed by atoms with Crippen LogP contribution in [-0.2, 0) is 4.74 Å². The Hall–Kier alpha value is -1.10. The summed E-state index contributed by atoms with van der Waals surface area (Å²) in [5.74, 6) is 3.14.